The van der Waals surface area contributed by atoms with Gasteiger partial charge in [-0.2, -0.15) is 17.0 Å². The summed E-state index contributed by atoms with van der Waals surface area (Å²) in [6.45, 7) is 5.80. The van der Waals surface area contributed by atoms with Crippen LogP contribution in [0.5, 0.6) is 0 Å². The molecule has 1 heterocycles. The molecule has 0 aromatic carbocycles. The van der Waals surface area contributed by atoms with Crippen molar-refractivity contribution in [3.63, 3.8) is 0 Å². The van der Waals surface area contributed by atoms with Crippen molar-refractivity contribution in [2.24, 2.45) is 17.1 Å². The minimum atomic E-state index is -3.30. The highest BCUT2D eigenvalue weighted by molar-refractivity contribution is 7.86. The average molecular weight is 275 g/mol. The maximum Gasteiger partial charge on any atom is 0.281 e. The van der Waals surface area contributed by atoms with Crippen LogP contribution in [0.25, 0.3) is 0 Å². The van der Waals surface area contributed by atoms with Gasteiger partial charge in [-0.15, -0.1) is 0 Å². The van der Waals surface area contributed by atoms with Gasteiger partial charge < -0.3 is 5.73 Å². The van der Waals surface area contributed by atoms with Gasteiger partial charge in [-0.05, 0) is 30.6 Å². The molecule has 0 spiro atoms. The minimum Gasteiger partial charge on any atom is -0.327 e. The summed E-state index contributed by atoms with van der Waals surface area (Å²) < 4.78 is 28.0. The lowest BCUT2D eigenvalue weighted by Gasteiger charge is -2.42. The highest BCUT2D eigenvalue weighted by atomic mass is 32.2. The van der Waals surface area contributed by atoms with Crippen LogP contribution in [0.3, 0.4) is 0 Å². The molecule has 6 heteroatoms. The molecule has 0 aromatic rings. The summed E-state index contributed by atoms with van der Waals surface area (Å²) in [5.41, 5.74) is 5.90. The van der Waals surface area contributed by atoms with Crippen LogP contribution < -0.4 is 5.73 Å². The molecular formula is C12H25N3O2S. The van der Waals surface area contributed by atoms with Gasteiger partial charge in [0.2, 0.25) is 0 Å². The topological polar surface area (TPSA) is 66.6 Å². The summed E-state index contributed by atoms with van der Waals surface area (Å²) in [6.07, 6.45) is 3.07. The van der Waals surface area contributed by atoms with Crippen LogP contribution in [-0.2, 0) is 10.2 Å². The third kappa shape index (κ3) is 2.87. The number of nitrogens with two attached hydrogens (primary N) is 1. The molecule has 1 saturated heterocycles. The lowest BCUT2D eigenvalue weighted by atomic mass is 9.81. The Morgan fingerprint density at radius 3 is 2.44 bits per heavy atom. The van der Waals surface area contributed by atoms with Crippen molar-refractivity contribution < 1.29 is 8.42 Å². The fraction of sp³-hybridized carbons (Fsp3) is 1.00. The van der Waals surface area contributed by atoms with Gasteiger partial charge in [-0.1, -0.05) is 13.8 Å². The number of rotatable bonds is 4. The molecule has 2 N–H and O–H groups in total. The molecule has 0 radical (unpaired) electrons. The third-order valence-electron chi connectivity index (χ3n) is 4.21. The molecule has 0 aromatic heterocycles. The Bertz CT molecular complexity index is 404. The van der Waals surface area contributed by atoms with E-state index in [9.17, 15) is 8.42 Å². The van der Waals surface area contributed by atoms with Gasteiger partial charge in [-0.25, -0.2) is 0 Å². The van der Waals surface area contributed by atoms with Crippen molar-refractivity contribution in [1.82, 2.24) is 8.61 Å². The van der Waals surface area contributed by atoms with Crippen molar-refractivity contribution in [2.75, 3.05) is 26.7 Å². The maximum atomic E-state index is 12.5. The van der Waals surface area contributed by atoms with Gasteiger partial charge in [0.05, 0.1) is 0 Å². The predicted molar refractivity (Wildman–Crippen MR) is 72.2 cm³/mol. The van der Waals surface area contributed by atoms with Gasteiger partial charge >= 0.3 is 0 Å². The van der Waals surface area contributed by atoms with E-state index in [0.717, 1.165) is 19.3 Å². The molecule has 2 rings (SSSR count). The number of hydrogen-bond donors (Lipinski definition) is 1. The van der Waals surface area contributed by atoms with Crippen LogP contribution in [-0.4, -0.2) is 49.8 Å². The average Bonchev–Trinajstić information content (AvgIpc) is 3.05. The van der Waals surface area contributed by atoms with Crippen molar-refractivity contribution >= 4 is 10.2 Å². The Balaban J connectivity index is 2.05. The van der Waals surface area contributed by atoms with Crippen LogP contribution in [0, 0.1) is 11.3 Å². The SMILES string of the molecule is CN(CC1CC1)S(=O)(=O)N1CCC(N)C(C)(C)C1. The molecule has 106 valence electrons. The van der Waals surface area contributed by atoms with E-state index in [1.165, 1.54) is 4.31 Å². The number of nitrogens with zero attached hydrogens (tertiary/aromatic N) is 2. The van der Waals surface area contributed by atoms with E-state index >= 15 is 0 Å². The molecule has 1 aliphatic heterocycles. The Morgan fingerprint density at radius 2 is 1.94 bits per heavy atom. The van der Waals surface area contributed by atoms with Crippen LogP contribution >= 0.6 is 0 Å². The van der Waals surface area contributed by atoms with E-state index in [2.05, 4.69) is 0 Å². The summed E-state index contributed by atoms with van der Waals surface area (Å²) in [5.74, 6) is 0.574. The standard InChI is InChI=1S/C12H25N3O2S/c1-12(2)9-15(7-6-11(12)13)18(16,17)14(3)8-10-4-5-10/h10-11H,4-9,13H2,1-3H3. The summed E-state index contributed by atoms with van der Waals surface area (Å²) in [6, 6.07) is 0.0812. The van der Waals surface area contributed by atoms with Gasteiger partial charge in [0.1, 0.15) is 0 Å². The first kappa shape index (κ1) is 14.2. The Kier molecular flexibility index (Phi) is 3.75. The highest BCUT2D eigenvalue weighted by Gasteiger charge is 2.40. The Morgan fingerprint density at radius 1 is 1.33 bits per heavy atom. The van der Waals surface area contributed by atoms with Crippen molar-refractivity contribution in [1.29, 1.82) is 0 Å². The molecule has 1 atom stereocenters. The molecule has 1 aliphatic carbocycles. The molecule has 0 bridgehead atoms. The van der Waals surface area contributed by atoms with Crippen LogP contribution in [0.2, 0.25) is 0 Å². The van der Waals surface area contributed by atoms with Gasteiger partial charge in [0.15, 0.2) is 0 Å². The van der Waals surface area contributed by atoms with Crippen LogP contribution in [0.1, 0.15) is 33.1 Å². The second-order valence-corrected chi connectivity index (χ2v) is 8.48. The van der Waals surface area contributed by atoms with E-state index in [4.69, 9.17) is 5.73 Å². The van der Waals surface area contributed by atoms with Crippen molar-refractivity contribution in [3.05, 3.63) is 0 Å². The summed E-state index contributed by atoms with van der Waals surface area (Å²) in [4.78, 5) is 0. The summed E-state index contributed by atoms with van der Waals surface area (Å²) in [5, 5.41) is 0. The number of piperidine rings is 1. The zero-order valence-corrected chi connectivity index (χ0v) is 12.4. The second kappa shape index (κ2) is 4.74. The van der Waals surface area contributed by atoms with E-state index in [1.54, 1.807) is 11.4 Å². The zero-order chi connectivity index (χ0) is 13.6. The maximum absolute atomic E-state index is 12.5. The molecule has 1 saturated carbocycles. The zero-order valence-electron chi connectivity index (χ0n) is 11.6. The molecule has 2 aliphatic rings. The van der Waals surface area contributed by atoms with Crippen molar-refractivity contribution in [2.45, 2.75) is 39.2 Å². The third-order valence-corrected chi connectivity index (χ3v) is 6.11. The Labute approximate surface area is 110 Å². The molecule has 18 heavy (non-hydrogen) atoms. The molecular weight excluding hydrogens is 250 g/mol. The van der Waals surface area contributed by atoms with E-state index in [1.807, 2.05) is 13.8 Å². The Hall–Kier alpha value is -0.170. The fourth-order valence-electron chi connectivity index (χ4n) is 2.48. The van der Waals surface area contributed by atoms with Gasteiger partial charge in [-0.3, -0.25) is 0 Å². The largest absolute Gasteiger partial charge is 0.327 e. The summed E-state index contributed by atoms with van der Waals surface area (Å²) in [7, 11) is -1.61. The van der Waals surface area contributed by atoms with Crippen LogP contribution in [0.15, 0.2) is 0 Å². The fourth-order valence-corrected chi connectivity index (χ4v) is 4.10. The molecule has 2 fully saturated rings. The lowest BCUT2D eigenvalue weighted by Crippen LogP contribution is -2.56. The minimum absolute atomic E-state index is 0.0812. The first-order chi connectivity index (χ1) is 8.23. The summed E-state index contributed by atoms with van der Waals surface area (Å²) >= 11 is 0. The molecule has 0 amide bonds. The lowest BCUT2D eigenvalue weighted by molar-refractivity contribution is 0.149. The number of hydrogen-bond acceptors (Lipinski definition) is 3. The van der Waals surface area contributed by atoms with Crippen molar-refractivity contribution in [3.8, 4) is 0 Å². The highest BCUT2D eigenvalue weighted by Crippen LogP contribution is 2.33. The van der Waals surface area contributed by atoms with E-state index < -0.39 is 10.2 Å². The monoisotopic (exact) mass is 275 g/mol. The van der Waals surface area contributed by atoms with Gasteiger partial charge in [0, 0.05) is 32.7 Å². The van der Waals surface area contributed by atoms with Crippen LogP contribution in [0.4, 0.5) is 0 Å². The predicted octanol–water partition coefficient (Wildman–Crippen LogP) is 0.632. The second-order valence-electron chi connectivity index (χ2n) is 6.45. The molecule has 1 unspecified atom stereocenters. The molecule has 5 nitrogen and oxygen atoms in total. The normalized spacial score (nSPS) is 29.7. The van der Waals surface area contributed by atoms with Gasteiger partial charge in [0.25, 0.3) is 10.2 Å². The van der Waals surface area contributed by atoms with E-state index in [-0.39, 0.29) is 11.5 Å². The smallest absolute Gasteiger partial charge is 0.281 e. The first-order valence-corrected chi connectivity index (χ1v) is 8.10. The quantitative estimate of drug-likeness (QED) is 0.818. The first-order valence-electron chi connectivity index (χ1n) is 6.70. The van der Waals surface area contributed by atoms with E-state index in [0.29, 0.717) is 25.6 Å².